The van der Waals surface area contributed by atoms with Crippen molar-refractivity contribution in [2.75, 3.05) is 41.7 Å². The van der Waals surface area contributed by atoms with Gasteiger partial charge >= 0.3 is 6.18 Å². The maximum absolute atomic E-state index is 14.5. The standard InChI is InChI=1S/C41H50F4N8O4S.ClH/c1-24-21-50(22-25(2)51(24)23-36(55)48-30-17-28(42)16-29(18-30)47-34-13-14-35(54)49-37(34)56)15-5-6-26-7-10-31(11-8-26)53-39(58)52(38(57)40(53,3)4)32-12-9-27(20-46)33(19-32)41(43,44)45;/h9,12,16-19,24-26,31,34,47H,5-8,10-11,13-15,21-23H2,1-4H3,(H,48,55)(H,49,54,56);1H/t24-,25+,26?,31?,34?;. The lowest BCUT2D eigenvalue weighted by Gasteiger charge is -2.44. The number of thiocarbonyl (C=S) groups is 1. The van der Waals surface area contributed by atoms with E-state index in [0.29, 0.717) is 11.6 Å². The minimum absolute atomic E-state index is 0. The molecule has 12 nitrogen and oxygen atoms in total. The largest absolute Gasteiger partial charge is 0.417 e. The molecule has 59 heavy (non-hydrogen) atoms. The van der Waals surface area contributed by atoms with Crippen LogP contribution >= 0.6 is 24.6 Å². The highest BCUT2D eigenvalue weighted by Crippen LogP contribution is 2.41. The number of hydrogen-bond donors (Lipinski definition) is 3. The van der Waals surface area contributed by atoms with Crippen LogP contribution in [0.3, 0.4) is 0 Å². The molecule has 1 saturated carbocycles. The molecule has 1 unspecified atom stereocenters. The predicted molar refractivity (Wildman–Crippen MR) is 221 cm³/mol. The van der Waals surface area contributed by atoms with Crippen LogP contribution in [0.25, 0.3) is 0 Å². The molecule has 2 aromatic carbocycles. The van der Waals surface area contributed by atoms with Crippen molar-refractivity contribution in [3.05, 3.63) is 53.3 Å². The number of piperazine rings is 1. The van der Waals surface area contributed by atoms with E-state index >= 15 is 0 Å². The summed E-state index contributed by atoms with van der Waals surface area (Å²) in [4.78, 5) is 58.0. The minimum Gasteiger partial charge on any atom is -0.374 e. The molecule has 3 atom stereocenters. The maximum atomic E-state index is 14.5. The van der Waals surface area contributed by atoms with E-state index in [0.717, 1.165) is 70.3 Å². The van der Waals surface area contributed by atoms with E-state index < -0.39 is 46.5 Å². The Morgan fingerprint density at radius 3 is 2.29 bits per heavy atom. The number of halogens is 5. The van der Waals surface area contributed by atoms with E-state index in [-0.39, 0.29) is 78.2 Å². The van der Waals surface area contributed by atoms with Crippen LogP contribution in [0.2, 0.25) is 0 Å². The lowest BCUT2D eigenvalue weighted by Crippen LogP contribution is -2.58. The van der Waals surface area contributed by atoms with Crippen LogP contribution in [0.4, 0.5) is 34.6 Å². The molecular formula is C41H51ClF4N8O4S. The van der Waals surface area contributed by atoms with Crippen molar-refractivity contribution >= 4 is 70.4 Å². The van der Waals surface area contributed by atoms with Crippen LogP contribution in [-0.2, 0) is 25.4 Å². The third-order valence-corrected chi connectivity index (χ3v) is 12.3. The molecule has 0 radical (unpaired) electrons. The Kier molecular flexibility index (Phi) is 14.3. The summed E-state index contributed by atoms with van der Waals surface area (Å²) in [7, 11) is 0. The first-order valence-electron chi connectivity index (χ1n) is 19.8. The van der Waals surface area contributed by atoms with Gasteiger partial charge in [0.05, 0.1) is 29.4 Å². The molecule has 0 spiro atoms. The second-order valence-electron chi connectivity index (χ2n) is 16.6. The predicted octanol–water partition coefficient (Wildman–Crippen LogP) is 6.44. The zero-order chi connectivity index (χ0) is 42.1. The first-order chi connectivity index (χ1) is 27.3. The Hall–Kier alpha value is -4.37. The highest BCUT2D eigenvalue weighted by Gasteiger charge is 2.52. The van der Waals surface area contributed by atoms with E-state index in [1.807, 2.05) is 4.90 Å². The van der Waals surface area contributed by atoms with E-state index in [2.05, 4.69) is 39.6 Å². The molecular weight excluding hydrogens is 812 g/mol. The van der Waals surface area contributed by atoms with Gasteiger partial charge in [0, 0.05) is 49.0 Å². The second kappa shape index (κ2) is 18.5. The molecule has 6 rings (SSSR count). The van der Waals surface area contributed by atoms with Crippen molar-refractivity contribution in [2.24, 2.45) is 5.92 Å². The fraction of sp³-hybridized carbons (Fsp3) is 0.561. The Morgan fingerprint density at radius 1 is 1.00 bits per heavy atom. The number of anilines is 3. The molecule has 2 aromatic rings. The van der Waals surface area contributed by atoms with Gasteiger partial charge in [0.2, 0.25) is 17.7 Å². The van der Waals surface area contributed by atoms with Gasteiger partial charge in [0.1, 0.15) is 17.4 Å². The summed E-state index contributed by atoms with van der Waals surface area (Å²) in [6.07, 6.45) is 1.24. The number of piperidine rings is 1. The van der Waals surface area contributed by atoms with Gasteiger partial charge < -0.3 is 20.4 Å². The average Bonchev–Trinajstić information content (AvgIpc) is 3.32. The normalized spacial score (nSPS) is 25.3. The van der Waals surface area contributed by atoms with Crippen LogP contribution in [-0.4, -0.2) is 99.3 Å². The molecule has 3 heterocycles. The van der Waals surface area contributed by atoms with Crippen molar-refractivity contribution in [1.29, 1.82) is 5.26 Å². The second-order valence-corrected chi connectivity index (χ2v) is 16.9. The number of hydrogen-bond acceptors (Lipinski definition) is 9. The van der Waals surface area contributed by atoms with Gasteiger partial charge in [-0.25, -0.2) is 4.39 Å². The molecule has 3 N–H and O–H groups in total. The highest BCUT2D eigenvalue weighted by molar-refractivity contribution is 7.80. The summed E-state index contributed by atoms with van der Waals surface area (Å²) in [6.45, 7) is 10.3. The number of alkyl halides is 3. The smallest absolute Gasteiger partial charge is 0.374 e. The number of nitrogens with one attached hydrogen (secondary N) is 3. The number of nitriles is 1. The lowest BCUT2D eigenvalue weighted by atomic mass is 9.82. The van der Waals surface area contributed by atoms with Crippen molar-refractivity contribution in [2.45, 2.75) is 115 Å². The molecule has 3 aliphatic heterocycles. The highest BCUT2D eigenvalue weighted by atomic mass is 35.5. The van der Waals surface area contributed by atoms with Crippen molar-refractivity contribution < 1.29 is 36.7 Å². The van der Waals surface area contributed by atoms with Gasteiger partial charge in [0.15, 0.2) is 5.11 Å². The number of rotatable bonds is 11. The maximum Gasteiger partial charge on any atom is 0.417 e. The summed E-state index contributed by atoms with van der Waals surface area (Å²) in [5.41, 5.74) is -2.07. The number of nitrogens with zero attached hydrogens (tertiary/aromatic N) is 5. The number of imide groups is 1. The summed E-state index contributed by atoms with van der Waals surface area (Å²) in [6, 6.07) is 8.33. The molecule has 4 aliphatic rings. The molecule has 1 aliphatic carbocycles. The van der Waals surface area contributed by atoms with E-state index in [1.54, 1.807) is 26.0 Å². The Balaban J connectivity index is 0.00000661. The van der Waals surface area contributed by atoms with Gasteiger partial charge in [-0.1, -0.05) is 0 Å². The van der Waals surface area contributed by atoms with Crippen molar-refractivity contribution in [1.82, 2.24) is 20.0 Å². The number of amides is 4. The van der Waals surface area contributed by atoms with Gasteiger partial charge in [0.25, 0.3) is 5.91 Å². The molecule has 0 aromatic heterocycles. The van der Waals surface area contributed by atoms with E-state index in [1.165, 1.54) is 23.1 Å². The topological polar surface area (TPSA) is 141 Å². The molecule has 18 heteroatoms. The van der Waals surface area contributed by atoms with E-state index in [9.17, 15) is 42.0 Å². The Morgan fingerprint density at radius 2 is 1.66 bits per heavy atom. The average molecular weight is 863 g/mol. The van der Waals surface area contributed by atoms with E-state index in [4.69, 9.17) is 12.2 Å². The molecule has 3 saturated heterocycles. The quantitative estimate of drug-likeness (QED) is 0.131. The van der Waals surface area contributed by atoms with Crippen molar-refractivity contribution in [3.8, 4) is 6.07 Å². The zero-order valence-corrected chi connectivity index (χ0v) is 35.2. The zero-order valence-electron chi connectivity index (χ0n) is 33.5. The molecule has 4 amide bonds. The first-order valence-corrected chi connectivity index (χ1v) is 20.2. The van der Waals surface area contributed by atoms with Gasteiger partial charge in [-0.05, 0) is 134 Å². The SMILES string of the molecule is C[C@@H]1CN(CCCC2CCC(N3C(=S)N(c4ccc(C#N)c(C(F)(F)F)c4)C(=O)C3(C)C)CC2)C[C@H](C)N1CC(=O)Nc1cc(F)cc(NC2CCC(=O)NC2=O)c1.Cl. The molecule has 320 valence electrons. The Bertz CT molecular complexity index is 1980. The van der Waals surface area contributed by atoms with Crippen LogP contribution in [0.15, 0.2) is 36.4 Å². The fourth-order valence-corrected chi connectivity index (χ4v) is 9.62. The monoisotopic (exact) mass is 862 g/mol. The molecule has 0 bridgehead atoms. The van der Waals surface area contributed by atoms with Gasteiger partial charge in [-0.3, -0.25) is 34.3 Å². The number of benzene rings is 2. The fourth-order valence-electron chi connectivity index (χ4n) is 9.05. The summed E-state index contributed by atoms with van der Waals surface area (Å²) >= 11 is 5.76. The molecule has 4 fully saturated rings. The Labute approximate surface area is 353 Å². The minimum atomic E-state index is -4.76. The van der Waals surface area contributed by atoms with Crippen LogP contribution in [0.5, 0.6) is 0 Å². The third kappa shape index (κ3) is 10.3. The van der Waals surface area contributed by atoms with Crippen LogP contribution < -0.4 is 20.9 Å². The summed E-state index contributed by atoms with van der Waals surface area (Å²) in [5, 5.41) is 17.4. The third-order valence-electron chi connectivity index (χ3n) is 11.9. The van der Waals surface area contributed by atoms with Crippen LogP contribution in [0, 0.1) is 23.1 Å². The summed E-state index contributed by atoms with van der Waals surface area (Å²) in [5.74, 6) is -1.58. The first kappa shape index (κ1) is 45.7. The van der Waals surface area contributed by atoms with Gasteiger partial charge in [-0.2, -0.15) is 18.4 Å². The van der Waals surface area contributed by atoms with Crippen LogP contribution in [0.1, 0.15) is 90.2 Å². The van der Waals surface area contributed by atoms with Gasteiger partial charge in [-0.15, -0.1) is 12.4 Å². The number of carbonyl (C=O) groups excluding carboxylic acids is 4. The number of carbonyl (C=O) groups is 4. The summed E-state index contributed by atoms with van der Waals surface area (Å²) < 4.78 is 55.7. The lowest BCUT2D eigenvalue weighted by molar-refractivity contribution is -0.138. The van der Waals surface area contributed by atoms with Crippen molar-refractivity contribution in [3.63, 3.8) is 0 Å².